The number of nitrogens with zero attached hydrogens (tertiary/aromatic N) is 5. The van der Waals surface area contributed by atoms with Crippen molar-refractivity contribution in [2.24, 2.45) is 4.99 Å². The maximum Gasteiger partial charge on any atom is 0.194 e. The molecule has 2 heterocycles. The zero-order chi connectivity index (χ0) is 17.5. The van der Waals surface area contributed by atoms with E-state index in [0.29, 0.717) is 12.3 Å². The molecule has 2 N–H and O–H groups in total. The number of para-hydroxylation sites is 2. The lowest BCUT2D eigenvalue weighted by Gasteiger charge is -2.37. The van der Waals surface area contributed by atoms with Gasteiger partial charge >= 0.3 is 0 Å². The van der Waals surface area contributed by atoms with Crippen molar-refractivity contribution in [2.75, 3.05) is 44.2 Å². The molecule has 0 bridgehead atoms. The Bertz CT molecular complexity index is 677. The number of piperazine rings is 1. The van der Waals surface area contributed by atoms with Gasteiger partial charge < -0.3 is 20.2 Å². The van der Waals surface area contributed by atoms with Crippen molar-refractivity contribution in [3.05, 3.63) is 42.7 Å². The fraction of sp³-hybridized carbons (Fsp3) is 0.444. The Morgan fingerprint density at radius 3 is 2.68 bits per heavy atom. The lowest BCUT2D eigenvalue weighted by atomic mass is 10.2. The smallest absolute Gasteiger partial charge is 0.194 e. The number of nitrogens with one attached hydrogen (secondary N) is 1. The standard InChI is InChI=1S/C18H26N6O/c1-2-19-18(20-9-11-24-10-5-8-21-24)23-14-12-22(13-15-23)16-6-3-4-7-17(16)25/h3-8,10,25H,2,9,11-15H2,1H3,(H,19,20). The number of hydrogen-bond acceptors (Lipinski definition) is 4. The summed E-state index contributed by atoms with van der Waals surface area (Å²) >= 11 is 0. The predicted molar refractivity (Wildman–Crippen MR) is 100 cm³/mol. The number of aliphatic imine (C=N–C) groups is 1. The molecule has 0 atom stereocenters. The number of phenolic OH excluding ortho intramolecular Hbond substituents is 1. The third-order valence-corrected chi connectivity index (χ3v) is 4.29. The summed E-state index contributed by atoms with van der Waals surface area (Å²) in [4.78, 5) is 9.23. The molecule has 0 aliphatic carbocycles. The summed E-state index contributed by atoms with van der Waals surface area (Å²) in [6.45, 7) is 7.89. The van der Waals surface area contributed by atoms with Crippen molar-refractivity contribution in [1.82, 2.24) is 20.0 Å². The van der Waals surface area contributed by atoms with Crippen LogP contribution in [0.15, 0.2) is 47.7 Å². The highest BCUT2D eigenvalue weighted by Crippen LogP contribution is 2.27. The van der Waals surface area contributed by atoms with Crippen LogP contribution in [-0.2, 0) is 6.54 Å². The van der Waals surface area contributed by atoms with Crippen molar-refractivity contribution in [1.29, 1.82) is 0 Å². The van der Waals surface area contributed by atoms with Gasteiger partial charge in [0, 0.05) is 45.1 Å². The fourth-order valence-electron chi connectivity index (χ4n) is 3.01. The average molecular weight is 342 g/mol. The Labute approximate surface area is 148 Å². The Morgan fingerprint density at radius 2 is 2.00 bits per heavy atom. The van der Waals surface area contributed by atoms with Crippen LogP contribution in [-0.4, -0.2) is 65.0 Å². The molecule has 1 aliphatic heterocycles. The second-order valence-electron chi connectivity index (χ2n) is 5.97. The van der Waals surface area contributed by atoms with Gasteiger partial charge in [-0.15, -0.1) is 0 Å². The Kier molecular flexibility index (Phi) is 5.77. The van der Waals surface area contributed by atoms with Crippen LogP contribution in [0.2, 0.25) is 0 Å². The number of guanidine groups is 1. The molecular weight excluding hydrogens is 316 g/mol. The number of hydrogen-bond donors (Lipinski definition) is 2. The van der Waals surface area contributed by atoms with E-state index >= 15 is 0 Å². The third kappa shape index (κ3) is 4.43. The van der Waals surface area contributed by atoms with Gasteiger partial charge in [0.1, 0.15) is 5.75 Å². The first kappa shape index (κ1) is 17.1. The minimum absolute atomic E-state index is 0.343. The van der Waals surface area contributed by atoms with Crippen molar-refractivity contribution in [3.8, 4) is 5.75 Å². The number of aromatic nitrogens is 2. The zero-order valence-corrected chi connectivity index (χ0v) is 14.7. The van der Waals surface area contributed by atoms with Crippen LogP contribution < -0.4 is 10.2 Å². The molecule has 134 valence electrons. The number of anilines is 1. The zero-order valence-electron chi connectivity index (χ0n) is 14.7. The van der Waals surface area contributed by atoms with Gasteiger partial charge in [0.05, 0.1) is 18.8 Å². The van der Waals surface area contributed by atoms with Crippen LogP contribution in [0.4, 0.5) is 5.69 Å². The van der Waals surface area contributed by atoms with Crippen molar-refractivity contribution in [3.63, 3.8) is 0 Å². The highest BCUT2D eigenvalue weighted by atomic mass is 16.3. The summed E-state index contributed by atoms with van der Waals surface area (Å²) in [6.07, 6.45) is 3.74. The first-order chi connectivity index (χ1) is 12.3. The quantitative estimate of drug-likeness (QED) is 0.635. The van der Waals surface area contributed by atoms with Crippen LogP contribution in [0.3, 0.4) is 0 Å². The van der Waals surface area contributed by atoms with Gasteiger partial charge in [0.25, 0.3) is 0 Å². The first-order valence-electron chi connectivity index (χ1n) is 8.81. The van der Waals surface area contributed by atoms with E-state index in [1.54, 1.807) is 12.3 Å². The van der Waals surface area contributed by atoms with E-state index in [-0.39, 0.29) is 0 Å². The molecule has 0 saturated carbocycles. The molecular formula is C18H26N6O. The minimum atomic E-state index is 0.343. The SMILES string of the molecule is CCNC(=NCCn1cccn1)N1CCN(c2ccccc2O)CC1. The molecule has 0 spiro atoms. The van der Waals surface area contributed by atoms with Crippen LogP contribution in [0.25, 0.3) is 0 Å². The normalized spacial score (nSPS) is 15.5. The number of rotatable bonds is 5. The molecule has 1 fully saturated rings. The van der Waals surface area contributed by atoms with Crippen LogP contribution in [0.5, 0.6) is 5.75 Å². The monoisotopic (exact) mass is 342 g/mol. The molecule has 1 aromatic heterocycles. The molecule has 0 radical (unpaired) electrons. The number of aromatic hydroxyl groups is 1. The Hall–Kier alpha value is -2.70. The fourth-order valence-corrected chi connectivity index (χ4v) is 3.01. The molecule has 3 rings (SSSR count). The maximum absolute atomic E-state index is 10.0. The maximum atomic E-state index is 10.0. The van der Waals surface area contributed by atoms with Gasteiger partial charge in [0.2, 0.25) is 0 Å². The van der Waals surface area contributed by atoms with E-state index in [1.807, 2.05) is 35.1 Å². The molecule has 1 aliphatic rings. The van der Waals surface area contributed by atoms with Gasteiger partial charge in [-0.05, 0) is 25.1 Å². The Balaban J connectivity index is 1.57. The highest BCUT2D eigenvalue weighted by molar-refractivity contribution is 5.80. The van der Waals surface area contributed by atoms with Gasteiger partial charge in [0.15, 0.2) is 5.96 Å². The summed E-state index contributed by atoms with van der Waals surface area (Å²) in [6, 6.07) is 9.44. The second-order valence-corrected chi connectivity index (χ2v) is 5.97. The van der Waals surface area contributed by atoms with Gasteiger partial charge in [-0.1, -0.05) is 12.1 Å². The highest BCUT2D eigenvalue weighted by Gasteiger charge is 2.21. The Morgan fingerprint density at radius 1 is 1.20 bits per heavy atom. The van der Waals surface area contributed by atoms with Gasteiger partial charge in [-0.2, -0.15) is 5.10 Å². The average Bonchev–Trinajstić information content (AvgIpc) is 3.15. The van der Waals surface area contributed by atoms with Crippen molar-refractivity contribution < 1.29 is 5.11 Å². The van der Waals surface area contributed by atoms with Crippen LogP contribution in [0.1, 0.15) is 6.92 Å². The minimum Gasteiger partial charge on any atom is -0.506 e. The molecule has 7 heteroatoms. The van der Waals surface area contributed by atoms with E-state index in [0.717, 1.165) is 50.9 Å². The van der Waals surface area contributed by atoms with Crippen LogP contribution >= 0.6 is 0 Å². The van der Waals surface area contributed by atoms with Crippen molar-refractivity contribution in [2.45, 2.75) is 13.5 Å². The summed E-state index contributed by atoms with van der Waals surface area (Å²) in [5.74, 6) is 1.29. The topological polar surface area (TPSA) is 68.9 Å². The molecule has 0 amide bonds. The molecule has 25 heavy (non-hydrogen) atoms. The van der Waals surface area contributed by atoms with E-state index < -0.39 is 0 Å². The molecule has 0 unspecified atom stereocenters. The van der Waals surface area contributed by atoms with Crippen LogP contribution in [0, 0.1) is 0 Å². The lowest BCUT2D eigenvalue weighted by molar-refractivity contribution is 0.369. The number of benzene rings is 1. The largest absolute Gasteiger partial charge is 0.506 e. The summed E-state index contributed by atoms with van der Waals surface area (Å²) in [5.41, 5.74) is 0.905. The van der Waals surface area contributed by atoms with E-state index in [9.17, 15) is 5.11 Å². The van der Waals surface area contributed by atoms with Crippen molar-refractivity contribution >= 4 is 11.6 Å². The summed E-state index contributed by atoms with van der Waals surface area (Å²) in [5, 5.41) is 17.6. The van der Waals surface area contributed by atoms with E-state index in [2.05, 4.69) is 27.1 Å². The molecule has 1 aromatic carbocycles. The second kappa shape index (κ2) is 8.41. The molecule has 2 aromatic rings. The summed E-state index contributed by atoms with van der Waals surface area (Å²) in [7, 11) is 0. The van der Waals surface area contributed by atoms with Gasteiger partial charge in [-0.3, -0.25) is 9.67 Å². The lowest BCUT2D eigenvalue weighted by Crippen LogP contribution is -2.52. The van der Waals surface area contributed by atoms with E-state index in [1.165, 1.54) is 0 Å². The first-order valence-corrected chi connectivity index (χ1v) is 8.81. The van der Waals surface area contributed by atoms with Gasteiger partial charge in [-0.25, -0.2) is 0 Å². The number of phenols is 1. The van der Waals surface area contributed by atoms with E-state index in [4.69, 9.17) is 4.99 Å². The molecule has 7 nitrogen and oxygen atoms in total. The third-order valence-electron chi connectivity index (χ3n) is 4.29. The molecule has 1 saturated heterocycles. The summed E-state index contributed by atoms with van der Waals surface area (Å²) < 4.78 is 1.89. The predicted octanol–water partition coefficient (Wildman–Crippen LogP) is 1.38.